The number of pyridine rings is 1. The lowest BCUT2D eigenvalue weighted by atomic mass is 10.1. The fourth-order valence-electron chi connectivity index (χ4n) is 4.25. The highest BCUT2D eigenvalue weighted by Gasteiger charge is 2.11. The normalized spacial score (nSPS) is 11.4. The Labute approximate surface area is 236 Å². The van der Waals surface area contributed by atoms with Crippen LogP contribution in [-0.2, 0) is 13.1 Å². The molecule has 40 heavy (non-hydrogen) atoms. The zero-order valence-electron chi connectivity index (χ0n) is 22.4. The Balaban J connectivity index is 1.18. The smallest absolute Gasteiger partial charge is 0.263 e. The maximum Gasteiger partial charge on any atom is 0.263 e. The molecular formula is C31H30N6O2S. The highest BCUT2D eigenvalue weighted by molar-refractivity contribution is 7.09. The van der Waals surface area contributed by atoms with Gasteiger partial charge in [-0.05, 0) is 73.1 Å². The Hall–Kier alpha value is -4.60. The molecule has 2 N–H and O–H groups in total. The van der Waals surface area contributed by atoms with Crippen LogP contribution >= 0.6 is 11.3 Å². The number of rotatable bonds is 10. The number of carbonyl (C=O) groups is 1. The molecule has 0 fully saturated rings. The minimum atomic E-state index is -0.394. The molecule has 202 valence electrons. The molecule has 0 saturated carbocycles. The maximum atomic E-state index is 12.8. The molecule has 0 radical (unpaired) electrons. The van der Waals surface area contributed by atoms with Gasteiger partial charge in [0.1, 0.15) is 5.56 Å². The van der Waals surface area contributed by atoms with Gasteiger partial charge >= 0.3 is 0 Å². The van der Waals surface area contributed by atoms with E-state index in [-0.39, 0.29) is 11.1 Å². The van der Waals surface area contributed by atoms with Crippen LogP contribution in [0.5, 0.6) is 0 Å². The van der Waals surface area contributed by atoms with Gasteiger partial charge in [0.05, 0.1) is 12.1 Å². The van der Waals surface area contributed by atoms with Crippen LogP contribution in [0.3, 0.4) is 0 Å². The van der Waals surface area contributed by atoms with Crippen LogP contribution < -0.4 is 16.2 Å². The average molecular weight is 551 g/mol. The molecule has 0 saturated heterocycles. The largest absolute Gasteiger partial charge is 0.348 e. The van der Waals surface area contributed by atoms with Gasteiger partial charge in [-0.1, -0.05) is 36.4 Å². The van der Waals surface area contributed by atoms with E-state index in [9.17, 15) is 9.59 Å². The number of amides is 1. The number of hydrogen-bond donors (Lipinski definition) is 2. The third-order valence-corrected chi connectivity index (χ3v) is 7.04. The molecule has 0 unspecified atom stereocenters. The van der Waals surface area contributed by atoms with Crippen LogP contribution in [0, 0.1) is 0 Å². The Morgan fingerprint density at radius 3 is 2.70 bits per heavy atom. The minimum absolute atomic E-state index is 0.129. The summed E-state index contributed by atoms with van der Waals surface area (Å²) in [4.78, 5) is 37.7. The van der Waals surface area contributed by atoms with Gasteiger partial charge in [-0.15, -0.1) is 11.3 Å². The first-order valence-electron chi connectivity index (χ1n) is 12.9. The first-order valence-corrected chi connectivity index (χ1v) is 13.8. The third-order valence-electron chi connectivity index (χ3n) is 6.17. The van der Waals surface area contributed by atoms with Crippen molar-refractivity contribution < 1.29 is 4.79 Å². The van der Waals surface area contributed by atoms with E-state index in [0.717, 1.165) is 33.6 Å². The molecule has 2 aromatic carbocycles. The van der Waals surface area contributed by atoms with Crippen LogP contribution in [0.25, 0.3) is 17.0 Å². The summed E-state index contributed by atoms with van der Waals surface area (Å²) in [5.41, 5.74) is 3.78. The number of carbonyl (C=O) groups excluding carboxylic acids is 1. The lowest BCUT2D eigenvalue weighted by Crippen LogP contribution is -2.32. The van der Waals surface area contributed by atoms with Crippen molar-refractivity contribution in [3.05, 3.63) is 123 Å². The molecule has 8 nitrogen and oxygen atoms in total. The molecule has 0 atom stereocenters. The van der Waals surface area contributed by atoms with Gasteiger partial charge in [-0.3, -0.25) is 9.59 Å². The molecular weight excluding hydrogens is 520 g/mol. The Bertz CT molecular complexity index is 1690. The summed E-state index contributed by atoms with van der Waals surface area (Å²) in [6.07, 6.45) is 7.26. The second-order valence-corrected chi connectivity index (χ2v) is 10.7. The average Bonchev–Trinajstić information content (AvgIpc) is 3.46. The van der Waals surface area contributed by atoms with Crippen LogP contribution in [-0.4, -0.2) is 46.0 Å². The summed E-state index contributed by atoms with van der Waals surface area (Å²) in [5.74, 6) is 0.142. The van der Waals surface area contributed by atoms with E-state index in [1.165, 1.54) is 5.56 Å². The Kier molecular flexibility index (Phi) is 8.44. The number of nitrogens with one attached hydrogen (secondary N) is 2. The van der Waals surface area contributed by atoms with Crippen molar-refractivity contribution in [1.29, 1.82) is 0 Å². The lowest BCUT2D eigenvalue weighted by molar-refractivity contribution is 0.0956. The van der Waals surface area contributed by atoms with Gasteiger partial charge in [0.15, 0.2) is 0 Å². The van der Waals surface area contributed by atoms with Crippen LogP contribution in [0.15, 0.2) is 95.4 Å². The van der Waals surface area contributed by atoms with Crippen molar-refractivity contribution in [2.24, 2.45) is 0 Å². The van der Waals surface area contributed by atoms with Crippen LogP contribution in [0.4, 0.5) is 11.6 Å². The fraction of sp³-hybridized carbons (Fsp3) is 0.161. The molecule has 0 bridgehead atoms. The summed E-state index contributed by atoms with van der Waals surface area (Å²) in [5, 5.41) is 8.94. The summed E-state index contributed by atoms with van der Waals surface area (Å²) >= 11 is 1.58. The number of anilines is 2. The standard InChI is InChI=1S/C31H30N6O2S/c1-36(2)20-23-9-12-25(13-10-23)34-31-33-19-24-18-22(11-14-28(24)35-31)6-3-15-32-29(38)27-8-4-16-37(30(27)39)21-26-7-5-17-40-26/h3-14,16-19H,15,20-21H2,1-2H3,(H,32,38)(H,33,34,35)/b6-3+. The van der Waals surface area contributed by atoms with Crippen molar-refractivity contribution in [1.82, 2.24) is 24.8 Å². The van der Waals surface area contributed by atoms with Crippen molar-refractivity contribution in [2.45, 2.75) is 13.1 Å². The van der Waals surface area contributed by atoms with E-state index in [1.54, 1.807) is 40.4 Å². The SMILES string of the molecule is CN(C)Cc1ccc(Nc2ncc3cc(/C=C/CNC(=O)c4cccn(Cc5cccs5)c4=O)ccc3n2)cc1. The molecule has 1 amide bonds. The second kappa shape index (κ2) is 12.5. The number of nitrogens with zero attached hydrogens (tertiary/aromatic N) is 4. The molecule has 3 aromatic heterocycles. The first-order chi connectivity index (χ1) is 19.4. The van der Waals surface area contributed by atoms with Crippen molar-refractivity contribution in [3.63, 3.8) is 0 Å². The predicted octanol–water partition coefficient (Wildman–Crippen LogP) is 5.15. The lowest BCUT2D eigenvalue weighted by Gasteiger charge is -2.11. The monoisotopic (exact) mass is 550 g/mol. The molecule has 9 heteroatoms. The Morgan fingerprint density at radius 2 is 1.93 bits per heavy atom. The van der Waals surface area contributed by atoms with E-state index in [0.29, 0.717) is 19.0 Å². The maximum absolute atomic E-state index is 12.8. The second-order valence-electron chi connectivity index (χ2n) is 9.62. The Morgan fingerprint density at radius 1 is 1.07 bits per heavy atom. The topological polar surface area (TPSA) is 92.1 Å². The zero-order chi connectivity index (χ0) is 27.9. The van der Waals surface area contributed by atoms with E-state index < -0.39 is 5.91 Å². The quantitative estimate of drug-likeness (QED) is 0.250. The zero-order valence-corrected chi connectivity index (χ0v) is 23.2. The van der Waals surface area contributed by atoms with Crippen molar-refractivity contribution in [2.75, 3.05) is 26.0 Å². The predicted molar refractivity (Wildman–Crippen MR) is 162 cm³/mol. The van der Waals surface area contributed by atoms with Gasteiger partial charge in [0.2, 0.25) is 5.95 Å². The number of thiophene rings is 1. The number of fused-ring (bicyclic) bond motifs is 1. The minimum Gasteiger partial charge on any atom is -0.348 e. The molecule has 0 aliphatic rings. The van der Waals surface area contributed by atoms with Gasteiger partial charge in [-0.25, -0.2) is 9.97 Å². The van der Waals surface area contributed by atoms with Gasteiger partial charge in [-0.2, -0.15) is 0 Å². The van der Waals surface area contributed by atoms with Gasteiger partial charge in [0, 0.05) is 41.4 Å². The molecule has 0 aliphatic heterocycles. The van der Waals surface area contributed by atoms with E-state index in [4.69, 9.17) is 0 Å². The summed E-state index contributed by atoms with van der Waals surface area (Å²) < 4.78 is 1.55. The van der Waals surface area contributed by atoms with Crippen LogP contribution in [0.2, 0.25) is 0 Å². The van der Waals surface area contributed by atoms with Crippen LogP contribution in [0.1, 0.15) is 26.4 Å². The summed E-state index contributed by atoms with van der Waals surface area (Å²) in [6.45, 7) is 1.63. The summed E-state index contributed by atoms with van der Waals surface area (Å²) in [6, 6.07) is 21.3. The molecule has 5 rings (SSSR count). The van der Waals surface area contributed by atoms with E-state index in [2.05, 4.69) is 37.6 Å². The molecule has 0 spiro atoms. The molecule has 5 aromatic rings. The third kappa shape index (κ3) is 6.88. The molecule has 3 heterocycles. The highest BCUT2D eigenvalue weighted by atomic mass is 32.1. The van der Waals surface area contributed by atoms with E-state index in [1.807, 2.05) is 74.1 Å². The van der Waals surface area contributed by atoms with E-state index >= 15 is 0 Å². The number of hydrogen-bond acceptors (Lipinski definition) is 7. The highest BCUT2D eigenvalue weighted by Crippen LogP contribution is 2.19. The number of benzene rings is 2. The van der Waals surface area contributed by atoms with Gasteiger partial charge in [0.25, 0.3) is 11.5 Å². The summed E-state index contributed by atoms with van der Waals surface area (Å²) in [7, 11) is 4.10. The van der Waals surface area contributed by atoms with Crippen molar-refractivity contribution >= 4 is 45.9 Å². The molecule has 0 aliphatic carbocycles. The first kappa shape index (κ1) is 27.0. The van der Waals surface area contributed by atoms with Crippen molar-refractivity contribution in [3.8, 4) is 0 Å². The number of aromatic nitrogens is 3. The van der Waals surface area contributed by atoms with Gasteiger partial charge < -0.3 is 20.1 Å². The fourth-order valence-corrected chi connectivity index (χ4v) is 4.95.